The number of esters is 1. The van der Waals surface area contributed by atoms with Gasteiger partial charge in [-0.05, 0) is 31.0 Å². The maximum Gasteiger partial charge on any atom is 0.338 e. The number of halogens is 1. The van der Waals surface area contributed by atoms with Gasteiger partial charge >= 0.3 is 5.97 Å². The van der Waals surface area contributed by atoms with Gasteiger partial charge in [-0.2, -0.15) is 0 Å². The third kappa shape index (κ3) is 2.05. The quantitative estimate of drug-likeness (QED) is 0.597. The summed E-state index contributed by atoms with van der Waals surface area (Å²) in [4.78, 5) is 11.6. The standard InChI is InChI=1S/C13H15FO3/c1-3-13(9-6-5-7-10(14)8-9)11(17-13)12(15)16-4-2/h5-8,11H,3-4H2,1-2H3. The van der Waals surface area contributed by atoms with Crippen molar-refractivity contribution in [3.8, 4) is 0 Å². The monoisotopic (exact) mass is 238 g/mol. The van der Waals surface area contributed by atoms with Gasteiger partial charge in [-0.25, -0.2) is 9.18 Å². The minimum Gasteiger partial charge on any atom is -0.464 e. The topological polar surface area (TPSA) is 38.8 Å². The fourth-order valence-electron chi connectivity index (χ4n) is 2.08. The van der Waals surface area contributed by atoms with Crippen molar-refractivity contribution in [1.82, 2.24) is 0 Å². The van der Waals surface area contributed by atoms with E-state index in [4.69, 9.17) is 9.47 Å². The predicted molar refractivity (Wildman–Crippen MR) is 59.9 cm³/mol. The molecule has 1 aromatic carbocycles. The van der Waals surface area contributed by atoms with E-state index in [1.54, 1.807) is 19.1 Å². The molecule has 3 nitrogen and oxygen atoms in total. The molecule has 4 heteroatoms. The van der Waals surface area contributed by atoms with E-state index in [0.29, 0.717) is 18.6 Å². The van der Waals surface area contributed by atoms with Crippen molar-refractivity contribution in [2.45, 2.75) is 32.0 Å². The third-order valence-electron chi connectivity index (χ3n) is 3.03. The summed E-state index contributed by atoms with van der Waals surface area (Å²) in [7, 11) is 0. The Balaban J connectivity index is 2.21. The summed E-state index contributed by atoms with van der Waals surface area (Å²) in [6.07, 6.45) is 0.00850. The number of ether oxygens (including phenoxy) is 2. The van der Waals surface area contributed by atoms with Gasteiger partial charge in [0.2, 0.25) is 0 Å². The normalized spacial score (nSPS) is 26.6. The van der Waals surface area contributed by atoms with Crippen LogP contribution in [0.2, 0.25) is 0 Å². The zero-order chi connectivity index (χ0) is 12.5. The lowest BCUT2D eigenvalue weighted by Gasteiger charge is -2.10. The zero-order valence-electron chi connectivity index (χ0n) is 9.90. The van der Waals surface area contributed by atoms with Crippen LogP contribution in [0, 0.1) is 5.82 Å². The summed E-state index contributed by atoms with van der Waals surface area (Å²) in [6.45, 7) is 3.97. The Morgan fingerprint density at radius 2 is 2.29 bits per heavy atom. The molecule has 0 aromatic heterocycles. The fraction of sp³-hybridized carbons (Fsp3) is 0.462. The molecule has 1 heterocycles. The molecule has 0 bridgehead atoms. The lowest BCUT2D eigenvalue weighted by molar-refractivity contribution is -0.144. The van der Waals surface area contributed by atoms with Crippen LogP contribution in [0.4, 0.5) is 4.39 Å². The SMILES string of the molecule is CCOC(=O)C1OC1(CC)c1cccc(F)c1. The van der Waals surface area contributed by atoms with Crippen LogP contribution in [0.25, 0.3) is 0 Å². The summed E-state index contributed by atoms with van der Waals surface area (Å²) in [5.74, 6) is -0.702. The summed E-state index contributed by atoms with van der Waals surface area (Å²) in [5, 5.41) is 0. The van der Waals surface area contributed by atoms with Crippen LogP contribution in [0.1, 0.15) is 25.8 Å². The molecular formula is C13H15FO3. The molecule has 2 unspecified atom stereocenters. The first kappa shape index (κ1) is 12.0. The average molecular weight is 238 g/mol. The molecule has 17 heavy (non-hydrogen) atoms. The molecule has 1 aliphatic rings. The average Bonchev–Trinajstić information content (AvgIpc) is 3.05. The van der Waals surface area contributed by atoms with Crippen LogP contribution < -0.4 is 0 Å². The highest BCUT2D eigenvalue weighted by Crippen LogP contribution is 2.49. The van der Waals surface area contributed by atoms with Gasteiger partial charge in [0.15, 0.2) is 6.10 Å². The Hall–Kier alpha value is -1.42. The summed E-state index contributed by atoms with van der Waals surface area (Å²) >= 11 is 0. The Kier molecular flexibility index (Phi) is 3.15. The van der Waals surface area contributed by atoms with Crippen molar-refractivity contribution in [2.24, 2.45) is 0 Å². The third-order valence-corrected chi connectivity index (χ3v) is 3.03. The van der Waals surface area contributed by atoms with Crippen LogP contribution in [0.15, 0.2) is 24.3 Å². The lowest BCUT2D eigenvalue weighted by Crippen LogP contribution is -2.20. The molecule has 1 fully saturated rings. The largest absolute Gasteiger partial charge is 0.464 e. The first-order valence-corrected chi connectivity index (χ1v) is 5.74. The van der Waals surface area contributed by atoms with E-state index < -0.39 is 11.7 Å². The number of hydrogen-bond donors (Lipinski definition) is 0. The summed E-state index contributed by atoms with van der Waals surface area (Å²) < 4.78 is 23.6. The first-order valence-electron chi connectivity index (χ1n) is 5.74. The van der Waals surface area contributed by atoms with Crippen LogP contribution in [-0.4, -0.2) is 18.7 Å². The van der Waals surface area contributed by atoms with Crippen molar-refractivity contribution < 1.29 is 18.7 Å². The van der Waals surface area contributed by atoms with E-state index in [2.05, 4.69) is 0 Å². The number of rotatable bonds is 4. The molecule has 2 atom stereocenters. The molecule has 2 rings (SSSR count). The highest BCUT2D eigenvalue weighted by molar-refractivity contribution is 5.80. The first-order chi connectivity index (χ1) is 8.14. The van der Waals surface area contributed by atoms with E-state index in [1.807, 2.05) is 6.92 Å². The van der Waals surface area contributed by atoms with Gasteiger partial charge in [0, 0.05) is 0 Å². The second kappa shape index (κ2) is 4.45. The summed E-state index contributed by atoms with van der Waals surface area (Å²) in [6, 6.07) is 6.16. The molecule has 92 valence electrons. The molecule has 0 saturated carbocycles. The Bertz CT molecular complexity index is 432. The van der Waals surface area contributed by atoms with Crippen molar-refractivity contribution in [3.05, 3.63) is 35.6 Å². The van der Waals surface area contributed by atoms with E-state index in [9.17, 15) is 9.18 Å². The van der Waals surface area contributed by atoms with E-state index >= 15 is 0 Å². The van der Waals surface area contributed by atoms with Gasteiger partial charge < -0.3 is 9.47 Å². The van der Waals surface area contributed by atoms with Gasteiger partial charge in [0.1, 0.15) is 11.4 Å². The Morgan fingerprint density at radius 3 is 2.88 bits per heavy atom. The van der Waals surface area contributed by atoms with Crippen molar-refractivity contribution in [3.63, 3.8) is 0 Å². The maximum absolute atomic E-state index is 13.2. The molecule has 1 saturated heterocycles. The van der Waals surface area contributed by atoms with Gasteiger partial charge in [0.25, 0.3) is 0 Å². The molecule has 1 aromatic rings. The molecule has 0 amide bonds. The fourth-order valence-corrected chi connectivity index (χ4v) is 2.08. The van der Waals surface area contributed by atoms with Crippen molar-refractivity contribution in [1.29, 1.82) is 0 Å². The second-order valence-corrected chi connectivity index (χ2v) is 4.00. The van der Waals surface area contributed by atoms with Crippen LogP contribution in [0.5, 0.6) is 0 Å². The van der Waals surface area contributed by atoms with E-state index in [-0.39, 0.29) is 11.8 Å². The molecular weight excluding hydrogens is 223 g/mol. The Morgan fingerprint density at radius 1 is 1.53 bits per heavy atom. The van der Waals surface area contributed by atoms with Gasteiger partial charge in [-0.1, -0.05) is 19.1 Å². The molecule has 0 radical (unpaired) electrons. The minimum absolute atomic E-state index is 0.321. The van der Waals surface area contributed by atoms with E-state index in [1.165, 1.54) is 12.1 Å². The van der Waals surface area contributed by atoms with Gasteiger partial charge in [-0.15, -0.1) is 0 Å². The van der Waals surface area contributed by atoms with Gasteiger partial charge in [0.05, 0.1) is 6.61 Å². The Labute approximate surface area is 99.5 Å². The molecule has 0 spiro atoms. The molecule has 1 aliphatic heterocycles. The lowest BCUT2D eigenvalue weighted by atomic mass is 9.92. The molecule has 0 aliphatic carbocycles. The van der Waals surface area contributed by atoms with E-state index in [0.717, 1.165) is 0 Å². The predicted octanol–water partition coefficient (Wildman–Crippen LogP) is 2.39. The van der Waals surface area contributed by atoms with Crippen LogP contribution >= 0.6 is 0 Å². The minimum atomic E-state index is -0.700. The van der Waals surface area contributed by atoms with Crippen molar-refractivity contribution in [2.75, 3.05) is 6.61 Å². The second-order valence-electron chi connectivity index (χ2n) is 4.00. The number of carbonyl (C=O) groups excluding carboxylic acids is 1. The number of carbonyl (C=O) groups is 1. The highest BCUT2D eigenvalue weighted by Gasteiger charge is 2.61. The maximum atomic E-state index is 13.2. The van der Waals surface area contributed by atoms with Crippen LogP contribution in [-0.2, 0) is 19.9 Å². The smallest absolute Gasteiger partial charge is 0.338 e. The number of hydrogen-bond acceptors (Lipinski definition) is 3. The van der Waals surface area contributed by atoms with Crippen LogP contribution in [0.3, 0.4) is 0 Å². The number of benzene rings is 1. The highest BCUT2D eigenvalue weighted by atomic mass is 19.1. The van der Waals surface area contributed by atoms with Gasteiger partial charge in [-0.3, -0.25) is 0 Å². The van der Waals surface area contributed by atoms with Crippen molar-refractivity contribution >= 4 is 5.97 Å². The zero-order valence-corrected chi connectivity index (χ0v) is 9.90. The number of epoxide rings is 1. The molecule has 0 N–H and O–H groups in total. The summed E-state index contributed by atoms with van der Waals surface area (Å²) in [5.41, 5.74) is -0.00740.